The maximum absolute atomic E-state index is 13.3. The fraction of sp³-hybridized carbons (Fsp3) is 0.600. The van der Waals surface area contributed by atoms with Gasteiger partial charge in [-0.15, -0.1) is 11.8 Å². The molecule has 0 N–H and O–H groups in total. The largest absolute Gasteiger partial charge is 0.461 e. The zero-order chi connectivity index (χ0) is 18.7. The Morgan fingerprint density at radius 2 is 1.81 bits per heavy atom. The average Bonchev–Trinajstić information content (AvgIpc) is 3.07. The fourth-order valence-corrected chi connectivity index (χ4v) is 5.55. The summed E-state index contributed by atoms with van der Waals surface area (Å²) in [5.74, 6) is 0.648. The van der Waals surface area contributed by atoms with Crippen LogP contribution in [0.5, 0.6) is 0 Å². The number of nitrogens with zero attached hydrogens (tertiary/aromatic N) is 1. The summed E-state index contributed by atoms with van der Waals surface area (Å²) in [5.41, 5.74) is 0.569. The van der Waals surface area contributed by atoms with Crippen LogP contribution in [-0.4, -0.2) is 40.0 Å². The van der Waals surface area contributed by atoms with E-state index in [1.165, 1.54) is 19.3 Å². The monoisotopic (exact) mass is 395 g/mol. The van der Waals surface area contributed by atoms with E-state index in [1.54, 1.807) is 40.9 Å². The molecule has 3 rings (SSSR count). The number of esters is 1. The van der Waals surface area contributed by atoms with E-state index in [0.717, 1.165) is 12.8 Å². The number of halogens is 1. The molecule has 1 aliphatic heterocycles. The van der Waals surface area contributed by atoms with Crippen molar-refractivity contribution in [2.24, 2.45) is 5.92 Å². The van der Waals surface area contributed by atoms with Gasteiger partial charge in [0.15, 0.2) is 0 Å². The van der Waals surface area contributed by atoms with E-state index in [2.05, 4.69) is 0 Å². The van der Waals surface area contributed by atoms with Gasteiger partial charge in [-0.1, -0.05) is 30.9 Å². The van der Waals surface area contributed by atoms with Crippen molar-refractivity contribution in [1.29, 1.82) is 0 Å². The molecule has 0 aromatic heterocycles. The van der Waals surface area contributed by atoms with Crippen molar-refractivity contribution >= 4 is 35.2 Å². The van der Waals surface area contributed by atoms with E-state index in [1.807, 2.05) is 13.8 Å². The highest BCUT2D eigenvalue weighted by atomic mass is 35.5. The first-order valence-corrected chi connectivity index (χ1v) is 10.8. The van der Waals surface area contributed by atoms with Gasteiger partial charge >= 0.3 is 5.97 Å². The molecule has 1 amide bonds. The van der Waals surface area contributed by atoms with Crippen LogP contribution < -0.4 is 0 Å². The molecule has 26 heavy (non-hydrogen) atoms. The molecular formula is C20H26ClNO3S. The lowest BCUT2D eigenvalue weighted by molar-refractivity contribution is -0.152. The van der Waals surface area contributed by atoms with E-state index in [4.69, 9.17) is 16.3 Å². The fourth-order valence-electron chi connectivity index (χ4n) is 3.80. The predicted molar refractivity (Wildman–Crippen MR) is 105 cm³/mol. The van der Waals surface area contributed by atoms with Gasteiger partial charge in [0.1, 0.15) is 6.04 Å². The van der Waals surface area contributed by atoms with Crippen molar-refractivity contribution in [3.05, 3.63) is 34.9 Å². The van der Waals surface area contributed by atoms with Crippen LogP contribution in [0.4, 0.5) is 0 Å². The van der Waals surface area contributed by atoms with Gasteiger partial charge in [-0.05, 0) is 56.9 Å². The molecule has 4 nitrogen and oxygen atoms in total. The van der Waals surface area contributed by atoms with Crippen LogP contribution in [0.2, 0.25) is 5.02 Å². The van der Waals surface area contributed by atoms with Gasteiger partial charge in [0, 0.05) is 16.3 Å². The Hall–Kier alpha value is -1.20. The Labute approximate surface area is 164 Å². The smallest absolute Gasteiger partial charge is 0.330 e. The number of carbonyl (C=O) groups is 2. The van der Waals surface area contributed by atoms with Crippen molar-refractivity contribution in [2.75, 3.05) is 5.75 Å². The maximum atomic E-state index is 13.3. The number of hydrogen-bond donors (Lipinski definition) is 0. The Morgan fingerprint density at radius 1 is 1.15 bits per heavy atom. The topological polar surface area (TPSA) is 46.6 Å². The van der Waals surface area contributed by atoms with E-state index >= 15 is 0 Å². The van der Waals surface area contributed by atoms with Gasteiger partial charge in [0.05, 0.1) is 11.5 Å². The Bertz CT molecular complexity index is 643. The summed E-state index contributed by atoms with van der Waals surface area (Å²) in [6, 6.07) is 6.38. The van der Waals surface area contributed by atoms with Crippen LogP contribution in [0.15, 0.2) is 24.3 Å². The highest BCUT2D eigenvalue weighted by Gasteiger charge is 2.46. The van der Waals surface area contributed by atoms with Crippen LogP contribution in [0.25, 0.3) is 0 Å². The van der Waals surface area contributed by atoms with E-state index in [-0.39, 0.29) is 23.4 Å². The van der Waals surface area contributed by atoms with Crippen LogP contribution >= 0.6 is 23.4 Å². The van der Waals surface area contributed by atoms with Crippen molar-refractivity contribution in [3.8, 4) is 0 Å². The summed E-state index contributed by atoms with van der Waals surface area (Å²) in [4.78, 5) is 27.7. The lowest BCUT2D eigenvalue weighted by atomic mass is 9.88. The van der Waals surface area contributed by atoms with Gasteiger partial charge in [-0.25, -0.2) is 4.79 Å². The second-order valence-electron chi connectivity index (χ2n) is 7.34. The summed E-state index contributed by atoms with van der Waals surface area (Å²) >= 11 is 7.68. The van der Waals surface area contributed by atoms with Crippen LogP contribution in [0.3, 0.4) is 0 Å². The van der Waals surface area contributed by atoms with Crippen LogP contribution in [-0.2, 0) is 9.53 Å². The Balaban J connectivity index is 1.86. The van der Waals surface area contributed by atoms with Crippen molar-refractivity contribution in [2.45, 2.75) is 63.5 Å². The molecule has 1 heterocycles. The first-order valence-electron chi connectivity index (χ1n) is 9.37. The summed E-state index contributed by atoms with van der Waals surface area (Å²) in [6.07, 6.45) is 5.71. The molecule has 142 valence electrons. The lowest BCUT2D eigenvalue weighted by Crippen LogP contribution is -2.49. The Kier molecular flexibility index (Phi) is 6.51. The molecule has 2 aliphatic rings. The molecule has 0 radical (unpaired) electrons. The molecule has 1 saturated carbocycles. The minimum Gasteiger partial charge on any atom is -0.461 e. The zero-order valence-electron chi connectivity index (χ0n) is 15.3. The second-order valence-corrected chi connectivity index (χ2v) is 8.93. The average molecular weight is 396 g/mol. The minimum atomic E-state index is -0.516. The highest BCUT2D eigenvalue weighted by molar-refractivity contribution is 8.00. The molecular weight excluding hydrogens is 370 g/mol. The number of carbonyl (C=O) groups excluding carboxylic acids is 2. The van der Waals surface area contributed by atoms with Crippen LogP contribution in [0, 0.1) is 5.92 Å². The molecule has 0 spiro atoms. The third-order valence-electron chi connectivity index (χ3n) is 5.04. The molecule has 0 bridgehead atoms. The molecule has 1 aliphatic carbocycles. The van der Waals surface area contributed by atoms with Crippen molar-refractivity contribution in [1.82, 2.24) is 4.90 Å². The lowest BCUT2D eigenvalue weighted by Gasteiger charge is -2.35. The quantitative estimate of drug-likeness (QED) is 0.690. The molecule has 6 heteroatoms. The van der Waals surface area contributed by atoms with E-state index in [9.17, 15) is 9.59 Å². The van der Waals surface area contributed by atoms with Crippen molar-refractivity contribution in [3.63, 3.8) is 0 Å². The second kappa shape index (κ2) is 8.66. The first-order chi connectivity index (χ1) is 12.5. The SMILES string of the molecule is CC(C)OC(=O)C1CSC(C2CCCCC2)N1C(=O)c1ccc(Cl)cc1. The number of thioether (sulfide) groups is 1. The number of hydrogen-bond acceptors (Lipinski definition) is 4. The van der Waals surface area contributed by atoms with Crippen LogP contribution in [0.1, 0.15) is 56.3 Å². The third kappa shape index (κ3) is 4.37. The Morgan fingerprint density at radius 3 is 2.42 bits per heavy atom. The number of ether oxygens (including phenoxy) is 1. The minimum absolute atomic E-state index is 0.0446. The van der Waals surface area contributed by atoms with Gasteiger partial charge in [0.25, 0.3) is 5.91 Å². The first kappa shape index (κ1) is 19.6. The van der Waals surface area contributed by atoms with Gasteiger partial charge < -0.3 is 9.64 Å². The van der Waals surface area contributed by atoms with Gasteiger partial charge in [-0.3, -0.25) is 4.79 Å². The molecule has 1 aromatic carbocycles. The molecule has 2 atom stereocenters. The highest BCUT2D eigenvalue weighted by Crippen LogP contribution is 2.41. The molecule has 2 unspecified atom stereocenters. The zero-order valence-corrected chi connectivity index (χ0v) is 16.9. The number of amides is 1. The number of rotatable bonds is 4. The summed E-state index contributed by atoms with van der Waals surface area (Å²) in [5, 5.41) is 0.639. The number of benzene rings is 1. The van der Waals surface area contributed by atoms with Gasteiger partial charge in [0.2, 0.25) is 0 Å². The maximum Gasteiger partial charge on any atom is 0.330 e. The predicted octanol–water partition coefficient (Wildman–Crippen LogP) is 4.76. The molecule has 1 aromatic rings. The standard InChI is InChI=1S/C20H26ClNO3S/c1-13(2)25-20(24)17-12-26-19(15-6-4-3-5-7-15)22(17)18(23)14-8-10-16(21)11-9-14/h8-11,13,15,17,19H,3-7,12H2,1-2H3. The van der Waals surface area contributed by atoms with Gasteiger partial charge in [-0.2, -0.15) is 0 Å². The summed E-state index contributed by atoms with van der Waals surface area (Å²) in [7, 11) is 0. The molecule has 1 saturated heterocycles. The van der Waals surface area contributed by atoms with Crippen molar-refractivity contribution < 1.29 is 14.3 Å². The van der Waals surface area contributed by atoms with E-state index in [0.29, 0.717) is 22.3 Å². The van der Waals surface area contributed by atoms with E-state index < -0.39 is 6.04 Å². The molecule has 2 fully saturated rings. The normalized spacial score (nSPS) is 24.1. The third-order valence-corrected chi connectivity index (χ3v) is 6.75. The summed E-state index contributed by atoms with van der Waals surface area (Å²) in [6.45, 7) is 3.67. The summed E-state index contributed by atoms with van der Waals surface area (Å²) < 4.78 is 5.44.